The molecule has 1 aliphatic rings. The van der Waals surface area contributed by atoms with Crippen LogP contribution in [0.2, 0.25) is 0 Å². The van der Waals surface area contributed by atoms with Gasteiger partial charge in [-0.1, -0.05) is 0 Å². The summed E-state index contributed by atoms with van der Waals surface area (Å²) in [4.78, 5) is 36.0. The molecule has 0 fully saturated rings. The molecule has 0 atom stereocenters. The van der Waals surface area contributed by atoms with E-state index in [4.69, 9.17) is 4.42 Å². The average Bonchev–Trinajstić information content (AvgIpc) is 3.33. The summed E-state index contributed by atoms with van der Waals surface area (Å²) in [5.74, 6) is -0.101. The van der Waals surface area contributed by atoms with E-state index in [1.54, 1.807) is 42.7 Å². The van der Waals surface area contributed by atoms with Crippen molar-refractivity contribution in [1.82, 2.24) is 5.32 Å². The lowest BCUT2D eigenvalue weighted by Gasteiger charge is -2.12. The molecule has 7 heteroatoms. The quantitative estimate of drug-likeness (QED) is 0.651. The van der Waals surface area contributed by atoms with Gasteiger partial charge >= 0.3 is 0 Å². The van der Waals surface area contributed by atoms with Crippen molar-refractivity contribution in [2.45, 2.75) is 13.5 Å². The highest BCUT2D eigenvalue weighted by Crippen LogP contribution is 2.34. The maximum Gasteiger partial charge on any atom is 0.255 e. The standard InChI is InChI=1S/C21H17N3O4/c1-12(25)23-14-6-4-13(5-7-14)20(26)24-17-9-8-15(18-3-2-10-28-18)16-11-22-21(27)19(16)17/h2-10H,11H2,1H3,(H,22,27)(H,23,25)(H,24,26). The van der Waals surface area contributed by atoms with Crippen molar-refractivity contribution in [3.05, 3.63) is 71.5 Å². The summed E-state index contributed by atoms with van der Waals surface area (Å²) in [5, 5.41) is 8.25. The highest BCUT2D eigenvalue weighted by atomic mass is 16.3. The van der Waals surface area contributed by atoms with E-state index < -0.39 is 0 Å². The molecule has 1 aliphatic heterocycles. The van der Waals surface area contributed by atoms with Gasteiger partial charge in [-0.3, -0.25) is 14.4 Å². The molecule has 1 aromatic heterocycles. The second kappa shape index (κ2) is 7.03. The molecule has 3 aromatic rings. The first-order chi connectivity index (χ1) is 13.5. The Labute approximate surface area is 160 Å². The van der Waals surface area contributed by atoms with Crippen molar-refractivity contribution in [2.24, 2.45) is 0 Å². The average molecular weight is 375 g/mol. The number of benzene rings is 2. The zero-order valence-electron chi connectivity index (χ0n) is 15.0. The first-order valence-corrected chi connectivity index (χ1v) is 8.70. The normalized spacial score (nSPS) is 12.2. The molecular formula is C21H17N3O4. The lowest BCUT2D eigenvalue weighted by atomic mass is 9.99. The van der Waals surface area contributed by atoms with Gasteiger partial charge in [0.1, 0.15) is 5.76 Å². The Morgan fingerprint density at radius 2 is 1.82 bits per heavy atom. The molecule has 7 nitrogen and oxygen atoms in total. The molecule has 0 saturated carbocycles. The molecule has 3 N–H and O–H groups in total. The highest BCUT2D eigenvalue weighted by molar-refractivity contribution is 6.11. The van der Waals surface area contributed by atoms with Crippen molar-refractivity contribution < 1.29 is 18.8 Å². The van der Waals surface area contributed by atoms with Crippen LogP contribution in [-0.4, -0.2) is 17.7 Å². The maximum absolute atomic E-state index is 12.6. The summed E-state index contributed by atoms with van der Waals surface area (Å²) in [6, 6.07) is 13.6. The van der Waals surface area contributed by atoms with Gasteiger partial charge in [-0.25, -0.2) is 0 Å². The second-order valence-corrected chi connectivity index (χ2v) is 6.39. The van der Waals surface area contributed by atoms with E-state index in [0.717, 1.165) is 11.1 Å². The van der Waals surface area contributed by atoms with Crippen molar-refractivity contribution in [2.75, 3.05) is 10.6 Å². The van der Waals surface area contributed by atoms with Crippen LogP contribution < -0.4 is 16.0 Å². The van der Waals surface area contributed by atoms with Crippen LogP contribution in [0.4, 0.5) is 11.4 Å². The molecular weight excluding hydrogens is 358 g/mol. The first-order valence-electron chi connectivity index (χ1n) is 8.70. The van der Waals surface area contributed by atoms with E-state index in [2.05, 4.69) is 16.0 Å². The summed E-state index contributed by atoms with van der Waals surface area (Å²) in [6.45, 7) is 1.79. The highest BCUT2D eigenvalue weighted by Gasteiger charge is 2.27. The van der Waals surface area contributed by atoms with E-state index in [1.807, 2.05) is 12.1 Å². The van der Waals surface area contributed by atoms with Crippen LogP contribution in [0.25, 0.3) is 11.3 Å². The Morgan fingerprint density at radius 1 is 1.04 bits per heavy atom. The molecule has 2 aromatic carbocycles. The zero-order chi connectivity index (χ0) is 19.7. The third-order valence-electron chi connectivity index (χ3n) is 4.47. The summed E-state index contributed by atoms with van der Waals surface area (Å²) in [6.07, 6.45) is 1.58. The van der Waals surface area contributed by atoms with Gasteiger partial charge in [0.25, 0.3) is 11.8 Å². The minimum absolute atomic E-state index is 0.185. The van der Waals surface area contributed by atoms with E-state index in [-0.39, 0.29) is 17.7 Å². The molecule has 4 rings (SSSR count). The third-order valence-corrected chi connectivity index (χ3v) is 4.47. The van der Waals surface area contributed by atoms with E-state index in [1.165, 1.54) is 6.92 Å². The fourth-order valence-electron chi connectivity index (χ4n) is 3.22. The number of hydrogen-bond acceptors (Lipinski definition) is 4. The van der Waals surface area contributed by atoms with E-state index in [0.29, 0.717) is 34.8 Å². The van der Waals surface area contributed by atoms with Crippen LogP contribution >= 0.6 is 0 Å². The number of nitrogens with one attached hydrogen (secondary N) is 3. The van der Waals surface area contributed by atoms with Crippen LogP contribution in [0.5, 0.6) is 0 Å². The zero-order valence-corrected chi connectivity index (χ0v) is 15.0. The number of anilines is 2. The van der Waals surface area contributed by atoms with Gasteiger partial charge in [0.15, 0.2) is 0 Å². The Balaban J connectivity index is 1.62. The number of rotatable bonds is 4. The van der Waals surface area contributed by atoms with Gasteiger partial charge in [-0.15, -0.1) is 0 Å². The number of carbonyl (C=O) groups excluding carboxylic acids is 3. The van der Waals surface area contributed by atoms with Crippen LogP contribution in [0.1, 0.15) is 33.2 Å². The Morgan fingerprint density at radius 3 is 2.50 bits per heavy atom. The van der Waals surface area contributed by atoms with Crippen molar-refractivity contribution >= 4 is 29.1 Å². The molecule has 0 spiro atoms. The van der Waals surface area contributed by atoms with Crippen LogP contribution in [0.3, 0.4) is 0 Å². The molecule has 0 aliphatic carbocycles. The van der Waals surface area contributed by atoms with Gasteiger partial charge in [0.2, 0.25) is 5.91 Å². The molecule has 140 valence electrons. The van der Waals surface area contributed by atoms with Crippen molar-refractivity contribution in [1.29, 1.82) is 0 Å². The topological polar surface area (TPSA) is 100 Å². The molecule has 0 radical (unpaired) electrons. The second-order valence-electron chi connectivity index (χ2n) is 6.39. The first kappa shape index (κ1) is 17.5. The molecule has 0 unspecified atom stereocenters. The predicted molar refractivity (Wildman–Crippen MR) is 104 cm³/mol. The lowest BCUT2D eigenvalue weighted by Crippen LogP contribution is -2.17. The number of amides is 3. The number of hydrogen-bond donors (Lipinski definition) is 3. The van der Waals surface area contributed by atoms with Gasteiger partial charge in [0.05, 0.1) is 17.5 Å². The van der Waals surface area contributed by atoms with Gasteiger partial charge < -0.3 is 20.4 Å². The summed E-state index contributed by atoms with van der Waals surface area (Å²) in [7, 11) is 0. The number of furan rings is 1. The fraction of sp³-hybridized carbons (Fsp3) is 0.0952. The van der Waals surface area contributed by atoms with Gasteiger partial charge in [-0.05, 0) is 54.1 Å². The monoisotopic (exact) mass is 375 g/mol. The number of fused-ring (bicyclic) bond motifs is 1. The summed E-state index contributed by atoms with van der Waals surface area (Å²) in [5.41, 5.74) is 3.51. The maximum atomic E-state index is 12.6. The van der Waals surface area contributed by atoms with E-state index >= 15 is 0 Å². The van der Waals surface area contributed by atoms with E-state index in [9.17, 15) is 14.4 Å². The summed E-state index contributed by atoms with van der Waals surface area (Å²) < 4.78 is 5.45. The minimum Gasteiger partial charge on any atom is -0.464 e. The minimum atomic E-state index is -0.345. The molecule has 0 bridgehead atoms. The molecule has 28 heavy (non-hydrogen) atoms. The van der Waals surface area contributed by atoms with Crippen LogP contribution in [0, 0.1) is 0 Å². The molecule has 3 amide bonds. The molecule has 0 saturated heterocycles. The lowest BCUT2D eigenvalue weighted by molar-refractivity contribution is -0.114. The Bertz CT molecular complexity index is 1070. The molecule has 2 heterocycles. The SMILES string of the molecule is CC(=O)Nc1ccc(C(=O)Nc2ccc(-c3ccco3)c3c2C(=O)NC3)cc1. The van der Waals surface area contributed by atoms with Gasteiger partial charge in [0, 0.05) is 30.3 Å². The summed E-state index contributed by atoms with van der Waals surface area (Å²) >= 11 is 0. The van der Waals surface area contributed by atoms with Crippen molar-refractivity contribution in [3.8, 4) is 11.3 Å². The fourth-order valence-corrected chi connectivity index (χ4v) is 3.22. The third kappa shape index (κ3) is 3.25. The predicted octanol–water partition coefficient (Wildman–Crippen LogP) is 3.40. The Kier molecular flexibility index (Phi) is 4.41. The largest absolute Gasteiger partial charge is 0.464 e. The van der Waals surface area contributed by atoms with Crippen LogP contribution in [-0.2, 0) is 11.3 Å². The van der Waals surface area contributed by atoms with Crippen molar-refractivity contribution in [3.63, 3.8) is 0 Å². The van der Waals surface area contributed by atoms with Gasteiger partial charge in [-0.2, -0.15) is 0 Å². The smallest absolute Gasteiger partial charge is 0.255 e. The van der Waals surface area contributed by atoms with Crippen LogP contribution in [0.15, 0.2) is 59.2 Å². The number of carbonyl (C=O) groups is 3. The Hall–Kier alpha value is -3.87.